The summed E-state index contributed by atoms with van der Waals surface area (Å²) in [6.45, 7) is 6.85. The van der Waals surface area contributed by atoms with Crippen molar-refractivity contribution in [3.63, 3.8) is 0 Å². The third-order valence-electron chi connectivity index (χ3n) is 7.28. The Labute approximate surface area is 219 Å². The number of oxazole rings is 1. The third kappa shape index (κ3) is 4.45. The van der Waals surface area contributed by atoms with Crippen molar-refractivity contribution >= 4 is 5.91 Å². The first kappa shape index (κ1) is 24.3. The van der Waals surface area contributed by atoms with Crippen LogP contribution in [-0.2, 0) is 12.6 Å². The summed E-state index contributed by atoms with van der Waals surface area (Å²) in [4.78, 5) is 24.0. The Kier molecular flexibility index (Phi) is 5.60. The van der Waals surface area contributed by atoms with E-state index in [1.54, 1.807) is 36.1 Å². The van der Waals surface area contributed by atoms with Crippen molar-refractivity contribution in [2.24, 2.45) is 24.6 Å². The largest absolute Gasteiger partial charge is 0.474 e. The normalized spacial score (nSPS) is 20.5. The number of rotatable bonds is 6. The van der Waals surface area contributed by atoms with Gasteiger partial charge in [-0.05, 0) is 56.7 Å². The molecule has 196 valence electrons. The lowest BCUT2D eigenvalue weighted by Crippen LogP contribution is -2.34. The number of carbonyl (C=O) groups is 1. The fourth-order valence-electron chi connectivity index (χ4n) is 5.07. The molecule has 0 spiro atoms. The molecule has 1 aromatic carbocycles. The van der Waals surface area contributed by atoms with Crippen molar-refractivity contribution in [1.29, 1.82) is 0 Å². The van der Waals surface area contributed by atoms with Gasteiger partial charge in [0.2, 0.25) is 11.8 Å². The van der Waals surface area contributed by atoms with E-state index in [1.807, 2.05) is 37.8 Å². The maximum atomic E-state index is 13.5. The van der Waals surface area contributed by atoms with Crippen molar-refractivity contribution < 1.29 is 18.3 Å². The predicted octanol–water partition coefficient (Wildman–Crippen LogP) is 3.93. The number of likely N-dealkylation sites (tertiary alicyclic amines) is 1. The van der Waals surface area contributed by atoms with Gasteiger partial charge in [0.1, 0.15) is 29.1 Å². The number of benzene rings is 1. The summed E-state index contributed by atoms with van der Waals surface area (Å²) in [5.41, 5.74) is 9.12. The Morgan fingerprint density at radius 2 is 1.84 bits per heavy atom. The fourth-order valence-corrected chi connectivity index (χ4v) is 5.07. The van der Waals surface area contributed by atoms with Crippen LogP contribution in [0.2, 0.25) is 0 Å². The number of ether oxygens (including phenoxy) is 1. The highest BCUT2D eigenvalue weighted by Gasteiger charge is 2.59. The molecule has 0 radical (unpaired) electrons. The van der Waals surface area contributed by atoms with Crippen LogP contribution in [0.15, 0.2) is 53.1 Å². The van der Waals surface area contributed by atoms with Crippen LogP contribution in [-0.4, -0.2) is 49.7 Å². The average Bonchev–Trinajstić information content (AvgIpc) is 3.31. The van der Waals surface area contributed by atoms with Crippen LogP contribution in [0.3, 0.4) is 0 Å². The lowest BCUT2D eigenvalue weighted by atomic mass is 9.95. The molecule has 1 saturated carbocycles. The van der Waals surface area contributed by atoms with Crippen molar-refractivity contribution in [3.05, 3.63) is 71.5 Å². The number of pyridine rings is 1. The van der Waals surface area contributed by atoms with E-state index in [-0.39, 0.29) is 29.7 Å². The zero-order valence-corrected chi connectivity index (χ0v) is 21.7. The second-order valence-corrected chi connectivity index (χ2v) is 10.7. The van der Waals surface area contributed by atoms with Crippen LogP contribution in [0.4, 0.5) is 4.39 Å². The van der Waals surface area contributed by atoms with Crippen molar-refractivity contribution in [2.75, 3.05) is 13.1 Å². The van der Waals surface area contributed by atoms with E-state index in [1.165, 1.54) is 12.1 Å². The SMILES string of the molecule is Cc1cnc(-c2cc(C(=O)N3C[C@@H]4[C@H](C3)[C@@H]4Oc3cc(C(C)(C)N)cc(-c4ccc(F)cc4)n3)n(C)n2)o1. The molecule has 1 aliphatic carbocycles. The van der Waals surface area contributed by atoms with E-state index in [0.29, 0.717) is 47.7 Å². The van der Waals surface area contributed by atoms with E-state index in [2.05, 4.69) is 10.1 Å². The van der Waals surface area contributed by atoms with Gasteiger partial charge in [-0.1, -0.05) is 0 Å². The smallest absolute Gasteiger partial charge is 0.272 e. The van der Waals surface area contributed by atoms with Gasteiger partial charge in [-0.2, -0.15) is 5.10 Å². The van der Waals surface area contributed by atoms with Gasteiger partial charge in [0.15, 0.2) is 0 Å². The number of aromatic nitrogens is 4. The molecule has 6 rings (SSSR count). The number of nitrogens with two attached hydrogens (primary N) is 1. The molecule has 9 nitrogen and oxygen atoms in total. The number of nitrogens with zero attached hydrogens (tertiary/aromatic N) is 5. The van der Waals surface area contributed by atoms with Crippen LogP contribution >= 0.6 is 0 Å². The molecule has 10 heteroatoms. The molecule has 38 heavy (non-hydrogen) atoms. The van der Waals surface area contributed by atoms with Crippen LogP contribution in [0, 0.1) is 24.6 Å². The molecule has 2 fully saturated rings. The van der Waals surface area contributed by atoms with Crippen LogP contribution < -0.4 is 10.5 Å². The third-order valence-corrected chi connectivity index (χ3v) is 7.28. The molecule has 0 unspecified atom stereocenters. The van der Waals surface area contributed by atoms with Gasteiger partial charge in [-0.15, -0.1) is 0 Å². The standard InChI is InChI=1S/C28H29FN6O3/c1-15-12-31-26(37-15)22-11-23(34(4)33-22)27(36)35-13-19-20(14-35)25(19)38-24-10-17(28(2,3)30)9-21(32-24)16-5-7-18(29)8-6-16/h5-12,19-20,25H,13-14,30H2,1-4H3/t19-,20+,25-. The molecule has 2 aliphatic rings. The molecular weight excluding hydrogens is 487 g/mol. The second-order valence-electron chi connectivity index (χ2n) is 10.7. The van der Waals surface area contributed by atoms with Gasteiger partial charge in [-0.3, -0.25) is 9.48 Å². The average molecular weight is 517 g/mol. The maximum Gasteiger partial charge on any atom is 0.272 e. The predicted molar refractivity (Wildman–Crippen MR) is 138 cm³/mol. The topological polar surface area (TPSA) is 112 Å². The van der Waals surface area contributed by atoms with Crippen LogP contribution in [0.5, 0.6) is 5.88 Å². The summed E-state index contributed by atoms with van der Waals surface area (Å²) in [7, 11) is 1.74. The first-order chi connectivity index (χ1) is 18.1. The number of amides is 1. The van der Waals surface area contributed by atoms with Gasteiger partial charge >= 0.3 is 0 Å². The Morgan fingerprint density at radius 3 is 2.47 bits per heavy atom. The van der Waals surface area contributed by atoms with Gasteiger partial charge in [0.25, 0.3) is 5.91 Å². The van der Waals surface area contributed by atoms with Gasteiger partial charge in [0.05, 0.1) is 11.9 Å². The zero-order valence-electron chi connectivity index (χ0n) is 21.7. The lowest BCUT2D eigenvalue weighted by Gasteiger charge is -2.22. The summed E-state index contributed by atoms with van der Waals surface area (Å²) in [6, 6.07) is 11.7. The monoisotopic (exact) mass is 516 g/mol. The Bertz CT molecular complexity index is 1510. The molecule has 1 aliphatic heterocycles. The lowest BCUT2D eigenvalue weighted by molar-refractivity contribution is 0.0740. The highest BCUT2D eigenvalue weighted by molar-refractivity contribution is 5.93. The molecule has 1 saturated heterocycles. The summed E-state index contributed by atoms with van der Waals surface area (Å²) in [6.07, 6.45) is 1.60. The molecule has 3 aromatic heterocycles. The number of piperidine rings is 1. The van der Waals surface area contributed by atoms with E-state index >= 15 is 0 Å². The van der Waals surface area contributed by atoms with Crippen LogP contribution in [0.25, 0.3) is 22.8 Å². The maximum absolute atomic E-state index is 13.5. The van der Waals surface area contributed by atoms with E-state index in [4.69, 9.17) is 19.9 Å². The van der Waals surface area contributed by atoms with Crippen LogP contribution in [0.1, 0.15) is 35.7 Å². The molecule has 0 bridgehead atoms. The highest BCUT2D eigenvalue weighted by Crippen LogP contribution is 2.48. The molecule has 2 N–H and O–H groups in total. The van der Waals surface area contributed by atoms with Gasteiger partial charge < -0.3 is 19.8 Å². The Hall–Kier alpha value is -4.05. The Balaban J connectivity index is 1.16. The molecule has 1 amide bonds. The molecule has 4 heterocycles. The highest BCUT2D eigenvalue weighted by atomic mass is 19.1. The first-order valence-corrected chi connectivity index (χ1v) is 12.6. The summed E-state index contributed by atoms with van der Waals surface area (Å²) in [5, 5.41) is 4.40. The van der Waals surface area contributed by atoms with Crippen molar-refractivity contribution in [1.82, 2.24) is 24.6 Å². The number of hydrogen-bond acceptors (Lipinski definition) is 7. The summed E-state index contributed by atoms with van der Waals surface area (Å²) >= 11 is 0. The van der Waals surface area contributed by atoms with Crippen molar-refractivity contribution in [2.45, 2.75) is 32.4 Å². The minimum absolute atomic E-state index is 0.0267. The molecular formula is C28H29FN6O3. The number of carbonyl (C=O) groups excluding carboxylic acids is 1. The first-order valence-electron chi connectivity index (χ1n) is 12.6. The quantitative estimate of drug-likeness (QED) is 0.413. The van der Waals surface area contributed by atoms with Gasteiger partial charge in [0, 0.05) is 55.2 Å². The number of halogens is 1. The molecule has 4 aromatic rings. The number of aryl methyl sites for hydroxylation is 2. The van der Waals surface area contributed by atoms with E-state index in [0.717, 1.165) is 11.1 Å². The van der Waals surface area contributed by atoms with E-state index in [9.17, 15) is 9.18 Å². The Morgan fingerprint density at radius 1 is 1.13 bits per heavy atom. The second kappa shape index (κ2) is 8.76. The number of fused-ring (bicyclic) bond motifs is 1. The zero-order chi connectivity index (χ0) is 26.8. The summed E-state index contributed by atoms with van der Waals surface area (Å²) < 4.78 is 26.9. The van der Waals surface area contributed by atoms with Crippen molar-refractivity contribution in [3.8, 4) is 28.7 Å². The van der Waals surface area contributed by atoms with Gasteiger partial charge in [-0.25, -0.2) is 14.4 Å². The summed E-state index contributed by atoms with van der Waals surface area (Å²) in [5.74, 6) is 1.63. The number of hydrogen-bond donors (Lipinski definition) is 1. The fraction of sp³-hybridized carbons (Fsp3) is 0.357. The minimum atomic E-state index is -0.607. The van der Waals surface area contributed by atoms with E-state index < -0.39 is 5.54 Å². The molecule has 3 atom stereocenters. The minimum Gasteiger partial charge on any atom is -0.474 e.